The van der Waals surface area contributed by atoms with Crippen LogP contribution < -0.4 is 0 Å². The van der Waals surface area contributed by atoms with Gasteiger partial charge in [0.2, 0.25) is 0 Å². The molecule has 5 nitrogen and oxygen atoms in total. The van der Waals surface area contributed by atoms with Crippen molar-refractivity contribution in [3.8, 4) is 11.5 Å². The molecule has 0 spiro atoms. The number of amides is 1. The summed E-state index contributed by atoms with van der Waals surface area (Å²) in [5.74, 6) is 0.745. The molecule has 3 heterocycles. The highest BCUT2D eigenvalue weighted by Gasteiger charge is 2.28. The summed E-state index contributed by atoms with van der Waals surface area (Å²) in [5.41, 5.74) is 1.31. The van der Waals surface area contributed by atoms with Crippen LogP contribution in [0.5, 0.6) is 0 Å². The molecule has 1 aliphatic heterocycles. The molecule has 1 amide bonds. The number of piperidine rings is 1. The second-order valence-corrected chi connectivity index (χ2v) is 6.91. The molecule has 1 aliphatic rings. The smallest absolute Gasteiger partial charge is 0.257 e. The average Bonchev–Trinajstić information content (AvgIpc) is 3.15. The Kier molecular flexibility index (Phi) is 4.31. The number of aliphatic hydroxyl groups is 1. The molecule has 2 aromatic rings. The first-order chi connectivity index (χ1) is 10.5. The number of rotatable bonds is 3. The fraction of sp³-hybridized carbons (Fsp3) is 0.500. The summed E-state index contributed by atoms with van der Waals surface area (Å²) in [6.45, 7) is 5.07. The molecule has 0 aliphatic carbocycles. The summed E-state index contributed by atoms with van der Waals surface area (Å²) in [4.78, 5) is 18.8. The zero-order valence-corrected chi connectivity index (χ0v) is 13.6. The van der Waals surface area contributed by atoms with E-state index in [9.17, 15) is 9.90 Å². The molecule has 0 bridgehead atoms. The van der Waals surface area contributed by atoms with Gasteiger partial charge >= 0.3 is 0 Å². The molecule has 0 aromatic carbocycles. The minimum Gasteiger partial charge on any atom is -0.462 e. The Labute approximate surface area is 133 Å². The van der Waals surface area contributed by atoms with Gasteiger partial charge in [0.1, 0.15) is 12.0 Å². The summed E-state index contributed by atoms with van der Waals surface area (Å²) >= 11 is 1.55. The number of likely N-dealkylation sites (tertiary alicyclic amines) is 1. The molecule has 118 valence electrons. The van der Waals surface area contributed by atoms with E-state index in [2.05, 4.69) is 4.98 Å². The lowest BCUT2D eigenvalue weighted by Gasteiger charge is -2.33. The normalized spacial score (nSPS) is 20.1. The van der Waals surface area contributed by atoms with Crippen LogP contribution in [0.1, 0.15) is 35.1 Å². The van der Waals surface area contributed by atoms with Crippen molar-refractivity contribution >= 4 is 17.2 Å². The Hall–Kier alpha value is -1.66. The minimum atomic E-state index is -0.381. The minimum absolute atomic E-state index is 0.0349. The van der Waals surface area contributed by atoms with Gasteiger partial charge in [-0.15, -0.1) is 11.3 Å². The number of aliphatic hydroxyl groups excluding tert-OH is 1. The van der Waals surface area contributed by atoms with Crippen LogP contribution in [-0.4, -0.2) is 40.1 Å². The number of carbonyl (C=O) groups is 1. The number of hydrogen-bond donors (Lipinski definition) is 1. The predicted octanol–water partition coefficient (Wildman–Crippen LogP) is 2.94. The molecular weight excluding hydrogens is 300 g/mol. The molecule has 0 radical (unpaired) electrons. The monoisotopic (exact) mass is 320 g/mol. The molecule has 0 saturated carbocycles. The van der Waals surface area contributed by atoms with Gasteiger partial charge in [-0.25, -0.2) is 4.98 Å². The van der Waals surface area contributed by atoms with Crippen molar-refractivity contribution in [2.45, 2.75) is 32.8 Å². The summed E-state index contributed by atoms with van der Waals surface area (Å²) in [5, 5.41) is 12.6. The van der Waals surface area contributed by atoms with E-state index in [4.69, 9.17) is 4.42 Å². The molecule has 3 rings (SSSR count). The lowest BCUT2D eigenvalue weighted by Crippen LogP contribution is -2.42. The van der Waals surface area contributed by atoms with Crippen LogP contribution in [0.4, 0.5) is 0 Å². The van der Waals surface area contributed by atoms with Crippen molar-refractivity contribution in [3.63, 3.8) is 0 Å². The van der Waals surface area contributed by atoms with Gasteiger partial charge in [-0.3, -0.25) is 4.79 Å². The van der Waals surface area contributed by atoms with Crippen LogP contribution >= 0.6 is 11.3 Å². The fourth-order valence-electron chi connectivity index (χ4n) is 2.83. The fourth-order valence-corrected chi connectivity index (χ4v) is 3.43. The maximum atomic E-state index is 12.6. The van der Waals surface area contributed by atoms with Crippen molar-refractivity contribution in [2.75, 3.05) is 13.1 Å². The van der Waals surface area contributed by atoms with Gasteiger partial charge in [0.15, 0.2) is 5.76 Å². The Morgan fingerprint density at radius 2 is 2.41 bits per heavy atom. The highest BCUT2D eigenvalue weighted by atomic mass is 32.1. The highest BCUT2D eigenvalue weighted by molar-refractivity contribution is 7.09. The number of nitrogens with zero attached hydrogens (tertiary/aromatic N) is 2. The first-order valence-corrected chi connectivity index (χ1v) is 8.41. The molecule has 2 aromatic heterocycles. The molecule has 6 heteroatoms. The van der Waals surface area contributed by atoms with Crippen molar-refractivity contribution in [3.05, 3.63) is 28.3 Å². The quantitative estimate of drug-likeness (QED) is 0.944. The molecule has 1 saturated heterocycles. The lowest BCUT2D eigenvalue weighted by molar-refractivity contribution is 0.0465. The second kappa shape index (κ2) is 6.22. The molecule has 1 N–H and O–H groups in total. The van der Waals surface area contributed by atoms with E-state index in [1.165, 1.54) is 6.26 Å². The van der Waals surface area contributed by atoms with Crippen LogP contribution in [0.2, 0.25) is 0 Å². The SMILES string of the molecule is Cc1nc(-c2cc(C(=O)N3CCCC(C(C)O)C3)co2)cs1. The largest absolute Gasteiger partial charge is 0.462 e. The van der Waals surface area contributed by atoms with E-state index >= 15 is 0 Å². The van der Waals surface area contributed by atoms with E-state index in [0.29, 0.717) is 17.9 Å². The first-order valence-electron chi connectivity index (χ1n) is 7.53. The number of carbonyl (C=O) groups excluding carboxylic acids is 1. The van der Waals surface area contributed by atoms with Gasteiger partial charge in [-0.1, -0.05) is 0 Å². The summed E-state index contributed by atoms with van der Waals surface area (Å²) in [7, 11) is 0. The van der Waals surface area contributed by atoms with E-state index in [-0.39, 0.29) is 17.9 Å². The maximum absolute atomic E-state index is 12.6. The van der Waals surface area contributed by atoms with Gasteiger partial charge in [0.25, 0.3) is 5.91 Å². The predicted molar refractivity (Wildman–Crippen MR) is 84.9 cm³/mol. The summed E-state index contributed by atoms with van der Waals surface area (Å²) < 4.78 is 5.50. The zero-order chi connectivity index (χ0) is 15.7. The molecule has 2 atom stereocenters. The second-order valence-electron chi connectivity index (χ2n) is 5.85. The third-order valence-electron chi connectivity index (χ3n) is 4.15. The highest BCUT2D eigenvalue weighted by Crippen LogP contribution is 2.26. The summed E-state index contributed by atoms with van der Waals surface area (Å²) in [6, 6.07) is 1.75. The third-order valence-corrected chi connectivity index (χ3v) is 4.92. The van der Waals surface area contributed by atoms with E-state index in [0.717, 1.165) is 30.1 Å². The van der Waals surface area contributed by atoms with Gasteiger partial charge in [0, 0.05) is 24.4 Å². The zero-order valence-electron chi connectivity index (χ0n) is 12.8. The number of thiazole rings is 1. The number of hydrogen-bond acceptors (Lipinski definition) is 5. The Morgan fingerprint density at radius 1 is 1.59 bits per heavy atom. The first kappa shape index (κ1) is 15.2. The lowest BCUT2D eigenvalue weighted by atomic mass is 9.93. The van der Waals surface area contributed by atoms with E-state index in [1.54, 1.807) is 24.3 Å². The molecular formula is C16H20N2O3S. The van der Waals surface area contributed by atoms with Gasteiger partial charge in [-0.2, -0.15) is 0 Å². The van der Waals surface area contributed by atoms with Crippen LogP contribution in [0, 0.1) is 12.8 Å². The Bertz CT molecular complexity index is 662. The van der Waals surface area contributed by atoms with Crippen LogP contribution in [0.3, 0.4) is 0 Å². The van der Waals surface area contributed by atoms with Crippen molar-refractivity contribution in [1.82, 2.24) is 9.88 Å². The van der Waals surface area contributed by atoms with Crippen LogP contribution in [0.25, 0.3) is 11.5 Å². The van der Waals surface area contributed by atoms with Crippen molar-refractivity contribution in [2.24, 2.45) is 5.92 Å². The molecule has 1 fully saturated rings. The molecule has 22 heavy (non-hydrogen) atoms. The van der Waals surface area contributed by atoms with Crippen molar-refractivity contribution in [1.29, 1.82) is 0 Å². The standard InChI is InChI=1S/C16H20N2O3S/c1-10(19)12-4-3-5-18(7-12)16(20)13-6-15(21-8-13)14-9-22-11(2)17-14/h6,8-10,12,19H,3-5,7H2,1-2H3. The topological polar surface area (TPSA) is 66.6 Å². The third kappa shape index (κ3) is 3.08. The van der Waals surface area contributed by atoms with Crippen molar-refractivity contribution < 1.29 is 14.3 Å². The van der Waals surface area contributed by atoms with Gasteiger partial charge < -0.3 is 14.4 Å². The van der Waals surface area contributed by atoms with Crippen LogP contribution in [0.15, 0.2) is 22.1 Å². The van der Waals surface area contributed by atoms with Crippen LogP contribution in [-0.2, 0) is 0 Å². The number of aromatic nitrogens is 1. The maximum Gasteiger partial charge on any atom is 0.257 e. The van der Waals surface area contributed by atoms with Gasteiger partial charge in [-0.05, 0) is 32.8 Å². The average molecular weight is 320 g/mol. The number of furan rings is 1. The Morgan fingerprint density at radius 3 is 3.09 bits per heavy atom. The summed E-state index contributed by atoms with van der Waals surface area (Å²) in [6.07, 6.45) is 3.01. The molecule has 2 unspecified atom stereocenters. The van der Waals surface area contributed by atoms with E-state index in [1.807, 2.05) is 17.2 Å². The Balaban J connectivity index is 1.74. The number of aryl methyl sites for hydroxylation is 1. The van der Waals surface area contributed by atoms with E-state index < -0.39 is 0 Å². The van der Waals surface area contributed by atoms with Gasteiger partial charge in [0.05, 0.1) is 16.7 Å².